The Morgan fingerprint density at radius 2 is 1.78 bits per heavy atom. The van der Waals surface area contributed by atoms with Crippen molar-refractivity contribution in [2.24, 2.45) is 0 Å². The number of nitrogens with zero attached hydrogens (tertiary/aromatic N) is 5. The van der Waals surface area contributed by atoms with Gasteiger partial charge in [0.25, 0.3) is 0 Å². The van der Waals surface area contributed by atoms with Gasteiger partial charge in [0.15, 0.2) is 11.0 Å². The Bertz CT molecular complexity index is 1150. The highest BCUT2D eigenvalue weighted by Crippen LogP contribution is 2.34. The number of hydrogen-bond donors (Lipinski definition) is 0. The van der Waals surface area contributed by atoms with Gasteiger partial charge >= 0.3 is 0 Å². The monoisotopic (exact) mass is 451 g/mol. The molecule has 8 nitrogen and oxygen atoms in total. The van der Waals surface area contributed by atoms with E-state index in [1.165, 1.54) is 11.8 Å². The first kappa shape index (κ1) is 22.0. The summed E-state index contributed by atoms with van der Waals surface area (Å²) in [6.45, 7) is 5.21. The Morgan fingerprint density at radius 1 is 1.00 bits per heavy atom. The zero-order valence-corrected chi connectivity index (χ0v) is 19.1. The topological polar surface area (TPSA) is 88.1 Å². The Morgan fingerprint density at radius 3 is 2.53 bits per heavy atom. The van der Waals surface area contributed by atoms with Crippen LogP contribution >= 0.6 is 11.8 Å². The summed E-state index contributed by atoms with van der Waals surface area (Å²) in [5, 5.41) is 17.5. The van der Waals surface area contributed by atoms with E-state index in [2.05, 4.69) is 38.6 Å². The smallest absolute Gasteiger partial charge is 0.229 e. The third-order valence-electron chi connectivity index (χ3n) is 4.81. The lowest BCUT2D eigenvalue weighted by Gasteiger charge is -2.14. The van der Waals surface area contributed by atoms with Crippen LogP contribution in [-0.2, 0) is 17.9 Å². The third kappa shape index (κ3) is 5.17. The van der Waals surface area contributed by atoms with Crippen LogP contribution < -0.4 is 4.74 Å². The highest BCUT2D eigenvalue weighted by molar-refractivity contribution is 7.99. The molecule has 4 aromatic rings. The molecule has 32 heavy (non-hydrogen) atoms. The van der Waals surface area contributed by atoms with E-state index in [1.54, 1.807) is 14.0 Å². The molecule has 9 heteroatoms. The Kier molecular flexibility index (Phi) is 7.18. The minimum Gasteiger partial charge on any atom is -0.485 e. The zero-order valence-electron chi connectivity index (χ0n) is 18.3. The molecule has 0 amide bonds. The molecule has 0 aliphatic carbocycles. The van der Waals surface area contributed by atoms with E-state index >= 15 is 0 Å². The molecule has 2 aromatic carbocycles. The van der Waals surface area contributed by atoms with Crippen LogP contribution in [0.15, 0.2) is 64.2 Å². The van der Waals surface area contributed by atoms with Crippen LogP contribution in [0, 0.1) is 6.92 Å². The van der Waals surface area contributed by atoms with Gasteiger partial charge in [-0.05, 0) is 18.6 Å². The minimum absolute atomic E-state index is 0.0609. The summed E-state index contributed by atoms with van der Waals surface area (Å²) in [4.78, 5) is 0. The molecule has 0 saturated heterocycles. The summed E-state index contributed by atoms with van der Waals surface area (Å²) >= 11 is 1.51. The Hall–Kier alpha value is -3.17. The molecule has 166 valence electrons. The molecule has 0 bridgehead atoms. The molecule has 0 unspecified atom stereocenters. The zero-order chi connectivity index (χ0) is 22.3. The van der Waals surface area contributed by atoms with E-state index in [0.29, 0.717) is 24.9 Å². The van der Waals surface area contributed by atoms with Crippen molar-refractivity contribution in [3.63, 3.8) is 0 Å². The average Bonchev–Trinajstić information content (AvgIpc) is 3.43. The number of methoxy groups -OCH3 is 1. The molecular weight excluding hydrogens is 426 g/mol. The highest BCUT2D eigenvalue weighted by atomic mass is 32.2. The summed E-state index contributed by atoms with van der Waals surface area (Å²) in [5.41, 5.74) is 2.13. The largest absolute Gasteiger partial charge is 0.485 e. The van der Waals surface area contributed by atoms with Gasteiger partial charge < -0.3 is 18.5 Å². The van der Waals surface area contributed by atoms with Crippen molar-refractivity contribution in [1.29, 1.82) is 0 Å². The van der Waals surface area contributed by atoms with Gasteiger partial charge in [0.05, 0.1) is 11.9 Å². The number of rotatable bonds is 10. The molecule has 0 spiro atoms. The summed E-state index contributed by atoms with van der Waals surface area (Å²) in [6.07, 6.45) is 0. The van der Waals surface area contributed by atoms with Gasteiger partial charge in [-0.15, -0.1) is 20.4 Å². The van der Waals surface area contributed by atoms with E-state index in [4.69, 9.17) is 13.9 Å². The lowest BCUT2D eigenvalue weighted by atomic mass is 10.1. The second-order valence-electron chi connectivity index (χ2n) is 7.11. The van der Waals surface area contributed by atoms with Crippen molar-refractivity contribution in [2.45, 2.75) is 37.4 Å². The van der Waals surface area contributed by atoms with E-state index in [-0.39, 0.29) is 11.9 Å². The number of hydrogen-bond acceptors (Lipinski definition) is 8. The van der Waals surface area contributed by atoms with Crippen molar-refractivity contribution in [1.82, 2.24) is 25.0 Å². The summed E-state index contributed by atoms with van der Waals surface area (Å²) in [6, 6.07) is 18.2. The van der Waals surface area contributed by atoms with E-state index < -0.39 is 0 Å². The summed E-state index contributed by atoms with van der Waals surface area (Å²) in [7, 11) is 1.67. The van der Waals surface area contributed by atoms with Gasteiger partial charge in [-0.3, -0.25) is 0 Å². The number of aryl methyl sites for hydroxylation is 1. The van der Waals surface area contributed by atoms with Crippen LogP contribution in [0.3, 0.4) is 0 Å². The maximum atomic E-state index is 6.19. The first-order valence-corrected chi connectivity index (χ1v) is 11.2. The molecule has 2 aromatic heterocycles. The predicted octanol–water partition coefficient (Wildman–Crippen LogP) is 4.72. The number of benzene rings is 2. The third-order valence-corrected chi connectivity index (χ3v) is 5.88. The molecule has 4 rings (SSSR count). The normalized spacial score (nSPS) is 12.1. The van der Waals surface area contributed by atoms with Gasteiger partial charge in [0, 0.05) is 26.1 Å². The van der Waals surface area contributed by atoms with E-state index in [9.17, 15) is 0 Å². The first-order valence-electron chi connectivity index (χ1n) is 10.3. The van der Waals surface area contributed by atoms with Crippen LogP contribution in [0.25, 0.3) is 11.1 Å². The second-order valence-corrected chi connectivity index (χ2v) is 8.42. The lowest BCUT2D eigenvalue weighted by molar-refractivity contribution is 0.181. The molecule has 1 atom stereocenters. The SMILES string of the molecule is COCCn1c(COc2ccccc2-c2ccccc2)nnc1S[C@H](C)c1nnc(C)o1. The molecule has 0 aliphatic rings. The molecule has 2 heterocycles. The Balaban J connectivity index is 1.53. The Labute approximate surface area is 191 Å². The standard InChI is InChI=1S/C23H25N5O3S/c1-16(22-26-24-17(2)31-22)32-23-27-25-21(28(23)13-14-29-3)15-30-20-12-8-7-11-19(20)18-9-5-4-6-10-18/h4-12,16H,13-15H2,1-3H3/t16-/m1/s1. The van der Waals surface area contributed by atoms with Crippen LogP contribution in [0.1, 0.15) is 29.8 Å². The molecule has 0 aliphatic heterocycles. The van der Waals surface area contributed by atoms with Crippen LogP contribution in [0.2, 0.25) is 0 Å². The molecule has 0 radical (unpaired) electrons. The molecule has 0 saturated carbocycles. The summed E-state index contributed by atoms with van der Waals surface area (Å²) < 4.78 is 19.0. The molecule has 0 N–H and O–H groups in total. The first-order chi connectivity index (χ1) is 15.7. The molecule has 0 fully saturated rings. The van der Waals surface area contributed by atoms with Crippen molar-refractivity contribution in [2.75, 3.05) is 13.7 Å². The summed E-state index contributed by atoms with van der Waals surface area (Å²) in [5.74, 6) is 2.62. The fourth-order valence-electron chi connectivity index (χ4n) is 3.20. The fourth-order valence-corrected chi connectivity index (χ4v) is 4.12. The van der Waals surface area contributed by atoms with E-state index in [0.717, 1.165) is 27.9 Å². The number of para-hydroxylation sites is 1. The number of aromatic nitrogens is 5. The quantitative estimate of drug-likeness (QED) is 0.320. The number of thioether (sulfide) groups is 1. The van der Waals surface area contributed by atoms with E-state index in [1.807, 2.05) is 47.9 Å². The van der Waals surface area contributed by atoms with Crippen molar-refractivity contribution >= 4 is 11.8 Å². The van der Waals surface area contributed by atoms with Crippen LogP contribution in [0.4, 0.5) is 0 Å². The van der Waals surface area contributed by atoms with Crippen molar-refractivity contribution in [3.8, 4) is 16.9 Å². The minimum atomic E-state index is -0.0609. The van der Waals surface area contributed by atoms with Crippen molar-refractivity contribution < 1.29 is 13.9 Å². The van der Waals surface area contributed by atoms with Crippen molar-refractivity contribution in [3.05, 3.63) is 72.2 Å². The highest BCUT2D eigenvalue weighted by Gasteiger charge is 2.20. The average molecular weight is 452 g/mol. The van der Waals surface area contributed by atoms with Crippen LogP contribution in [-0.4, -0.2) is 38.7 Å². The van der Waals surface area contributed by atoms with Gasteiger partial charge in [-0.2, -0.15) is 0 Å². The van der Waals surface area contributed by atoms with Crippen LogP contribution in [0.5, 0.6) is 5.75 Å². The maximum absolute atomic E-state index is 6.19. The maximum Gasteiger partial charge on any atom is 0.229 e. The van der Waals surface area contributed by atoms with Gasteiger partial charge in [0.2, 0.25) is 11.8 Å². The lowest BCUT2D eigenvalue weighted by Crippen LogP contribution is -2.12. The predicted molar refractivity (Wildman–Crippen MR) is 121 cm³/mol. The fraction of sp³-hybridized carbons (Fsp3) is 0.304. The van der Waals surface area contributed by atoms with Gasteiger partial charge in [-0.25, -0.2) is 0 Å². The second kappa shape index (κ2) is 10.4. The molecular formula is C23H25N5O3S. The van der Waals surface area contributed by atoms with Gasteiger partial charge in [-0.1, -0.05) is 60.3 Å². The van der Waals surface area contributed by atoms with Gasteiger partial charge in [0.1, 0.15) is 12.4 Å². The number of ether oxygens (including phenoxy) is 2.